The Hall–Kier alpha value is -1.42. The third kappa shape index (κ3) is 4.03. The average molecular weight is 262 g/mol. The molecule has 1 aromatic rings. The van der Waals surface area contributed by atoms with Gasteiger partial charge in [-0.3, -0.25) is 9.78 Å². The van der Waals surface area contributed by atoms with E-state index in [4.69, 9.17) is 0 Å². The second-order valence-electron chi connectivity index (χ2n) is 5.13. The fourth-order valence-electron chi connectivity index (χ4n) is 2.79. The first-order valence-electron chi connectivity index (χ1n) is 7.10. The number of carbonyl (C=O) groups is 1. The molecule has 0 aromatic carbocycles. The highest BCUT2D eigenvalue weighted by atomic mass is 16.3. The minimum Gasteiger partial charge on any atom is -0.395 e. The summed E-state index contributed by atoms with van der Waals surface area (Å²) in [5.74, 6) is 0.118. The van der Waals surface area contributed by atoms with Gasteiger partial charge >= 0.3 is 0 Å². The van der Waals surface area contributed by atoms with Crippen LogP contribution in [0.25, 0.3) is 0 Å². The summed E-state index contributed by atoms with van der Waals surface area (Å²) >= 11 is 0. The summed E-state index contributed by atoms with van der Waals surface area (Å²) in [6, 6.07) is 4.06. The molecule has 0 spiro atoms. The fourth-order valence-corrected chi connectivity index (χ4v) is 2.79. The molecule has 0 bridgehead atoms. The summed E-state index contributed by atoms with van der Waals surface area (Å²) in [6.07, 6.45) is 9.61. The first-order valence-corrected chi connectivity index (χ1v) is 7.10. The summed E-state index contributed by atoms with van der Waals surface area (Å²) in [6.45, 7) is 0.493. The second-order valence-corrected chi connectivity index (χ2v) is 5.13. The van der Waals surface area contributed by atoms with E-state index in [2.05, 4.69) is 4.98 Å². The molecule has 1 fully saturated rings. The SMILES string of the molecule is O=C(Cc1ccncc1)N(CCO)C1CCCCC1. The first kappa shape index (κ1) is 14.0. The molecule has 1 aliphatic rings. The van der Waals surface area contributed by atoms with Crippen molar-refractivity contribution in [1.29, 1.82) is 0 Å². The average Bonchev–Trinajstić information content (AvgIpc) is 2.46. The van der Waals surface area contributed by atoms with Crippen molar-refractivity contribution in [3.05, 3.63) is 30.1 Å². The van der Waals surface area contributed by atoms with E-state index in [0.29, 0.717) is 19.0 Å². The van der Waals surface area contributed by atoms with E-state index < -0.39 is 0 Å². The van der Waals surface area contributed by atoms with Crippen LogP contribution in [-0.2, 0) is 11.2 Å². The Kier molecular flexibility index (Phi) is 5.33. The minimum absolute atomic E-state index is 0.0403. The van der Waals surface area contributed by atoms with Gasteiger partial charge in [0.05, 0.1) is 13.0 Å². The molecule has 4 heteroatoms. The van der Waals surface area contributed by atoms with Gasteiger partial charge in [-0.1, -0.05) is 19.3 Å². The van der Waals surface area contributed by atoms with E-state index in [1.165, 1.54) is 19.3 Å². The quantitative estimate of drug-likeness (QED) is 0.880. The molecule has 19 heavy (non-hydrogen) atoms. The van der Waals surface area contributed by atoms with E-state index in [1.807, 2.05) is 17.0 Å². The van der Waals surface area contributed by atoms with Crippen LogP contribution >= 0.6 is 0 Å². The number of carbonyl (C=O) groups excluding carboxylic acids is 1. The lowest BCUT2D eigenvalue weighted by Gasteiger charge is -2.34. The number of aromatic nitrogens is 1. The fraction of sp³-hybridized carbons (Fsp3) is 0.600. The van der Waals surface area contributed by atoms with Gasteiger partial charge in [0.2, 0.25) is 5.91 Å². The molecule has 0 atom stereocenters. The third-order valence-corrected chi connectivity index (χ3v) is 3.78. The lowest BCUT2D eigenvalue weighted by molar-refractivity contribution is -0.134. The number of nitrogens with zero attached hydrogens (tertiary/aromatic N) is 2. The van der Waals surface area contributed by atoms with Gasteiger partial charge in [-0.15, -0.1) is 0 Å². The monoisotopic (exact) mass is 262 g/mol. The number of amides is 1. The number of rotatable bonds is 5. The summed E-state index contributed by atoms with van der Waals surface area (Å²) in [5, 5.41) is 9.18. The summed E-state index contributed by atoms with van der Waals surface area (Å²) in [4.78, 5) is 18.2. The molecule has 2 rings (SSSR count). The van der Waals surface area contributed by atoms with E-state index in [0.717, 1.165) is 18.4 Å². The maximum Gasteiger partial charge on any atom is 0.227 e. The van der Waals surface area contributed by atoms with E-state index in [1.54, 1.807) is 12.4 Å². The molecule has 0 aliphatic heterocycles. The zero-order valence-electron chi connectivity index (χ0n) is 11.3. The Bertz CT molecular complexity index is 388. The van der Waals surface area contributed by atoms with Crippen LogP contribution in [0.1, 0.15) is 37.7 Å². The van der Waals surface area contributed by atoms with Crippen molar-refractivity contribution in [2.75, 3.05) is 13.2 Å². The molecule has 0 unspecified atom stereocenters. The Morgan fingerprint density at radius 2 is 1.95 bits per heavy atom. The van der Waals surface area contributed by atoms with Gasteiger partial charge < -0.3 is 10.0 Å². The second kappa shape index (κ2) is 7.24. The van der Waals surface area contributed by atoms with Crippen molar-refractivity contribution in [2.24, 2.45) is 0 Å². The van der Waals surface area contributed by atoms with Crippen LogP contribution in [0, 0.1) is 0 Å². The molecule has 0 radical (unpaired) electrons. The van der Waals surface area contributed by atoms with Crippen LogP contribution in [-0.4, -0.2) is 40.1 Å². The highest BCUT2D eigenvalue weighted by molar-refractivity contribution is 5.79. The minimum atomic E-state index is 0.0403. The van der Waals surface area contributed by atoms with E-state index in [-0.39, 0.29) is 12.5 Å². The van der Waals surface area contributed by atoms with Crippen LogP contribution in [0.15, 0.2) is 24.5 Å². The predicted octanol–water partition coefficient (Wildman–Crippen LogP) is 1.78. The molecule has 1 aliphatic carbocycles. The zero-order valence-corrected chi connectivity index (χ0v) is 11.3. The largest absolute Gasteiger partial charge is 0.395 e. The first-order chi connectivity index (χ1) is 9.31. The maximum atomic E-state index is 12.4. The topological polar surface area (TPSA) is 53.4 Å². The van der Waals surface area contributed by atoms with Gasteiger partial charge in [-0.25, -0.2) is 0 Å². The van der Waals surface area contributed by atoms with Gasteiger partial charge in [-0.2, -0.15) is 0 Å². The molecular formula is C15H22N2O2. The van der Waals surface area contributed by atoms with Crippen molar-refractivity contribution in [3.8, 4) is 0 Å². The van der Waals surface area contributed by atoms with Gasteiger partial charge in [0.1, 0.15) is 0 Å². The lowest BCUT2D eigenvalue weighted by Crippen LogP contribution is -2.43. The van der Waals surface area contributed by atoms with Crippen molar-refractivity contribution in [3.63, 3.8) is 0 Å². The number of aliphatic hydroxyl groups is 1. The van der Waals surface area contributed by atoms with Crippen LogP contribution in [0.3, 0.4) is 0 Å². The summed E-state index contributed by atoms with van der Waals surface area (Å²) in [7, 11) is 0. The summed E-state index contributed by atoms with van der Waals surface area (Å²) in [5.41, 5.74) is 0.985. The van der Waals surface area contributed by atoms with Crippen LogP contribution in [0.5, 0.6) is 0 Å². The Labute approximate surface area is 114 Å². The molecule has 1 N–H and O–H groups in total. The van der Waals surface area contributed by atoms with Crippen molar-refractivity contribution < 1.29 is 9.90 Å². The number of hydrogen-bond acceptors (Lipinski definition) is 3. The smallest absolute Gasteiger partial charge is 0.227 e. The molecular weight excluding hydrogens is 240 g/mol. The maximum absolute atomic E-state index is 12.4. The van der Waals surface area contributed by atoms with Crippen molar-refractivity contribution in [2.45, 2.75) is 44.6 Å². The third-order valence-electron chi connectivity index (χ3n) is 3.78. The van der Waals surface area contributed by atoms with Crippen LogP contribution in [0.4, 0.5) is 0 Å². The molecule has 4 nitrogen and oxygen atoms in total. The van der Waals surface area contributed by atoms with Crippen LogP contribution in [0.2, 0.25) is 0 Å². The van der Waals surface area contributed by atoms with Gasteiger partial charge in [-0.05, 0) is 30.5 Å². The number of aliphatic hydroxyl groups excluding tert-OH is 1. The highest BCUT2D eigenvalue weighted by Crippen LogP contribution is 2.23. The van der Waals surface area contributed by atoms with Gasteiger partial charge in [0.15, 0.2) is 0 Å². The zero-order chi connectivity index (χ0) is 13.5. The highest BCUT2D eigenvalue weighted by Gasteiger charge is 2.24. The molecule has 104 valence electrons. The van der Waals surface area contributed by atoms with Crippen molar-refractivity contribution >= 4 is 5.91 Å². The Balaban J connectivity index is 1.99. The lowest BCUT2D eigenvalue weighted by atomic mass is 9.93. The summed E-state index contributed by atoms with van der Waals surface area (Å²) < 4.78 is 0. The molecule has 1 amide bonds. The van der Waals surface area contributed by atoms with Crippen molar-refractivity contribution in [1.82, 2.24) is 9.88 Å². The molecule has 1 heterocycles. The van der Waals surface area contributed by atoms with E-state index in [9.17, 15) is 9.90 Å². The Morgan fingerprint density at radius 3 is 2.58 bits per heavy atom. The van der Waals surface area contributed by atoms with Gasteiger partial charge in [0, 0.05) is 25.0 Å². The van der Waals surface area contributed by atoms with Gasteiger partial charge in [0.25, 0.3) is 0 Å². The van der Waals surface area contributed by atoms with E-state index >= 15 is 0 Å². The molecule has 0 saturated heterocycles. The normalized spacial score (nSPS) is 16.3. The molecule has 1 aromatic heterocycles. The van der Waals surface area contributed by atoms with Crippen LogP contribution < -0.4 is 0 Å². The molecule has 1 saturated carbocycles. The number of hydrogen-bond donors (Lipinski definition) is 1. The number of pyridine rings is 1. The Morgan fingerprint density at radius 1 is 1.26 bits per heavy atom. The predicted molar refractivity (Wildman–Crippen MR) is 73.6 cm³/mol. The standard InChI is InChI=1S/C15H22N2O2/c18-11-10-17(14-4-2-1-3-5-14)15(19)12-13-6-8-16-9-7-13/h6-9,14,18H,1-5,10-12H2.